The van der Waals surface area contributed by atoms with Crippen LogP contribution in [0.1, 0.15) is 25.3 Å². The van der Waals surface area contributed by atoms with E-state index < -0.39 is 0 Å². The van der Waals surface area contributed by atoms with Gasteiger partial charge in [-0.2, -0.15) is 0 Å². The van der Waals surface area contributed by atoms with Crippen molar-refractivity contribution in [3.8, 4) is 5.75 Å². The monoisotopic (exact) mass is 266 g/mol. The molecule has 2 N–H and O–H groups in total. The normalized spacial score (nSPS) is 17.6. The quantitative estimate of drug-likeness (QED) is 0.889. The molecule has 0 amide bonds. The lowest BCUT2D eigenvalue weighted by molar-refractivity contribution is 0.180. The molecule has 0 atom stereocenters. The third-order valence-corrected chi connectivity index (χ3v) is 3.74. The number of nitrogens with zero attached hydrogens (tertiary/aromatic N) is 1. The summed E-state index contributed by atoms with van der Waals surface area (Å²) in [5.41, 5.74) is 6.69. The summed E-state index contributed by atoms with van der Waals surface area (Å²) in [4.78, 5) is 2.36. The van der Waals surface area contributed by atoms with Crippen molar-refractivity contribution in [1.82, 2.24) is 4.90 Å². The molecule has 1 fully saturated rings. The van der Waals surface area contributed by atoms with E-state index in [2.05, 4.69) is 4.90 Å². The first kappa shape index (κ1) is 14.3. The van der Waals surface area contributed by atoms with Crippen molar-refractivity contribution in [3.63, 3.8) is 0 Å². The van der Waals surface area contributed by atoms with E-state index in [4.69, 9.17) is 10.5 Å². The van der Waals surface area contributed by atoms with Gasteiger partial charge in [-0.15, -0.1) is 0 Å². The van der Waals surface area contributed by atoms with E-state index in [1.165, 1.54) is 0 Å². The summed E-state index contributed by atoms with van der Waals surface area (Å²) in [7, 11) is 0. The van der Waals surface area contributed by atoms with Crippen LogP contribution < -0.4 is 10.5 Å². The van der Waals surface area contributed by atoms with Gasteiger partial charge in [-0.1, -0.05) is 6.07 Å². The van der Waals surface area contributed by atoms with Gasteiger partial charge in [0.15, 0.2) is 11.6 Å². The molecule has 19 heavy (non-hydrogen) atoms. The molecule has 1 heterocycles. The fourth-order valence-electron chi connectivity index (χ4n) is 2.55. The predicted octanol–water partition coefficient (Wildman–Crippen LogP) is 2.40. The van der Waals surface area contributed by atoms with Gasteiger partial charge in [-0.25, -0.2) is 4.39 Å². The van der Waals surface area contributed by atoms with Gasteiger partial charge in [0.1, 0.15) is 0 Å². The van der Waals surface area contributed by atoms with Crippen LogP contribution in [0.2, 0.25) is 0 Å². The molecule has 1 saturated heterocycles. The van der Waals surface area contributed by atoms with Crippen LogP contribution in [0.5, 0.6) is 5.75 Å². The Morgan fingerprint density at radius 3 is 2.68 bits per heavy atom. The molecule has 1 aromatic rings. The van der Waals surface area contributed by atoms with Crippen LogP contribution in [-0.2, 0) is 6.54 Å². The van der Waals surface area contributed by atoms with Crippen molar-refractivity contribution in [1.29, 1.82) is 0 Å². The molecule has 1 aliphatic heterocycles. The van der Waals surface area contributed by atoms with Crippen molar-refractivity contribution in [2.75, 3.05) is 26.2 Å². The molecule has 1 aliphatic rings. The maximum absolute atomic E-state index is 13.7. The van der Waals surface area contributed by atoms with Gasteiger partial charge in [0.25, 0.3) is 0 Å². The molecule has 4 heteroatoms. The molecular weight excluding hydrogens is 243 g/mol. The average molecular weight is 266 g/mol. The second-order valence-corrected chi connectivity index (χ2v) is 5.15. The first-order valence-corrected chi connectivity index (χ1v) is 7.06. The molecule has 0 spiro atoms. The number of ether oxygens (including phenoxy) is 1. The number of benzene rings is 1. The summed E-state index contributed by atoms with van der Waals surface area (Å²) in [6.45, 7) is 6.04. The molecule has 0 radical (unpaired) electrons. The van der Waals surface area contributed by atoms with Crippen molar-refractivity contribution >= 4 is 0 Å². The zero-order valence-corrected chi connectivity index (χ0v) is 11.6. The highest BCUT2D eigenvalue weighted by Gasteiger charge is 2.18. The van der Waals surface area contributed by atoms with Gasteiger partial charge in [0.2, 0.25) is 0 Å². The molecule has 1 aromatic carbocycles. The summed E-state index contributed by atoms with van der Waals surface area (Å²) in [5, 5.41) is 0. The van der Waals surface area contributed by atoms with E-state index in [-0.39, 0.29) is 5.82 Å². The highest BCUT2D eigenvalue weighted by atomic mass is 19.1. The number of halogens is 1. The molecule has 0 aromatic heterocycles. The van der Waals surface area contributed by atoms with E-state index in [0.29, 0.717) is 18.3 Å². The largest absolute Gasteiger partial charge is 0.491 e. The van der Waals surface area contributed by atoms with Crippen LogP contribution in [0.3, 0.4) is 0 Å². The van der Waals surface area contributed by atoms with Crippen molar-refractivity contribution in [2.45, 2.75) is 26.3 Å². The van der Waals surface area contributed by atoms with E-state index in [0.717, 1.165) is 44.6 Å². The summed E-state index contributed by atoms with van der Waals surface area (Å²) < 4.78 is 19.0. The SMILES string of the molecule is CCOc1ccc(CN2CCC(CN)CC2)cc1F. The minimum Gasteiger partial charge on any atom is -0.491 e. The smallest absolute Gasteiger partial charge is 0.165 e. The molecule has 106 valence electrons. The summed E-state index contributed by atoms with van der Waals surface area (Å²) in [6.07, 6.45) is 2.30. The van der Waals surface area contributed by atoms with E-state index in [1.807, 2.05) is 13.0 Å². The maximum Gasteiger partial charge on any atom is 0.165 e. The highest BCUT2D eigenvalue weighted by molar-refractivity contribution is 5.29. The number of rotatable bonds is 5. The van der Waals surface area contributed by atoms with E-state index in [9.17, 15) is 4.39 Å². The highest BCUT2D eigenvalue weighted by Crippen LogP contribution is 2.21. The average Bonchev–Trinajstić information content (AvgIpc) is 2.43. The zero-order chi connectivity index (χ0) is 13.7. The summed E-state index contributed by atoms with van der Waals surface area (Å²) >= 11 is 0. The Kier molecular flexibility index (Phi) is 5.16. The van der Waals surface area contributed by atoms with Crippen molar-refractivity contribution in [3.05, 3.63) is 29.6 Å². The van der Waals surface area contributed by atoms with E-state index in [1.54, 1.807) is 12.1 Å². The Hall–Kier alpha value is -1.13. The Morgan fingerprint density at radius 2 is 2.11 bits per heavy atom. The minimum absolute atomic E-state index is 0.267. The number of nitrogens with two attached hydrogens (primary N) is 1. The lowest BCUT2D eigenvalue weighted by Crippen LogP contribution is -2.35. The molecule has 0 bridgehead atoms. The Bertz CT molecular complexity index is 403. The van der Waals surface area contributed by atoms with E-state index >= 15 is 0 Å². The van der Waals surface area contributed by atoms with Crippen molar-refractivity contribution in [2.24, 2.45) is 11.7 Å². The third kappa shape index (κ3) is 3.91. The third-order valence-electron chi connectivity index (χ3n) is 3.74. The molecule has 0 saturated carbocycles. The molecule has 0 unspecified atom stereocenters. The fourth-order valence-corrected chi connectivity index (χ4v) is 2.55. The predicted molar refractivity (Wildman–Crippen MR) is 74.6 cm³/mol. The van der Waals surface area contributed by atoms with Crippen LogP contribution in [0, 0.1) is 11.7 Å². The zero-order valence-electron chi connectivity index (χ0n) is 11.6. The standard InChI is InChI=1S/C15H23FN2O/c1-2-19-15-4-3-13(9-14(15)16)11-18-7-5-12(10-17)6-8-18/h3-4,9,12H,2,5-8,10-11,17H2,1H3. The van der Waals surface area contributed by atoms with Gasteiger partial charge < -0.3 is 10.5 Å². The van der Waals surface area contributed by atoms with Gasteiger partial charge in [0.05, 0.1) is 6.61 Å². The second-order valence-electron chi connectivity index (χ2n) is 5.15. The first-order valence-electron chi connectivity index (χ1n) is 7.06. The lowest BCUT2D eigenvalue weighted by Gasteiger charge is -2.31. The summed E-state index contributed by atoms with van der Waals surface area (Å²) in [6, 6.07) is 5.25. The molecule has 0 aliphatic carbocycles. The first-order chi connectivity index (χ1) is 9.22. The van der Waals surface area contributed by atoms with Gasteiger partial charge >= 0.3 is 0 Å². The number of hydrogen-bond acceptors (Lipinski definition) is 3. The van der Waals surface area contributed by atoms with Gasteiger partial charge in [-0.3, -0.25) is 4.90 Å². The summed E-state index contributed by atoms with van der Waals surface area (Å²) in [5.74, 6) is 0.734. The number of likely N-dealkylation sites (tertiary alicyclic amines) is 1. The Morgan fingerprint density at radius 1 is 1.37 bits per heavy atom. The topological polar surface area (TPSA) is 38.5 Å². The minimum atomic E-state index is -0.267. The van der Waals surface area contributed by atoms with Crippen LogP contribution in [-0.4, -0.2) is 31.1 Å². The van der Waals surface area contributed by atoms with Gasteiger partial charge in [-0.05, 0) is 63.0 Å². The number of hydrogen-bond donors (Lipinski definition) is 1. The number of piperidine rings is 1. The van der Waals surface area contributed by atoms with Gasteiger partial charge in [0, 0.05) is 6.54 Å². The molecule has 2 rings (SSSR count). The maximum atomic E-state index is 13.7. The Balaban J connectivity index is 1.91. The molecule has 3 nitrogen and oxygen atoms in total. The fraction of sp³-hybridized carbons (Fsp3) is 0.600. The van der Waals surface area contributed by atoms with Crippen LogP contribution >= 0.6 is 0 Å². The van der Waals surface area contributed by atoms with Crippen LogP contribution in [0.15, 0.2) is 18.2 Å². The lowest BCUT2D eigenvalue weighted by atomic mass is 9.97. The Labute approximate surface area is 114 Å². The van der Waals surface area contributed by atoms with Crippen molar-refractivity contribution < 1.29 is 9.13 Å². The second kappa shape index (κ2) is 6.87. The molecular formula is C15H23FN2O. The van der Waals surface area contributed by atoms with Crippen LogP contribution in [0.4, 0.5) is 4.39 Å². The van der Waals surface area contributed by atoms with Crippen LogP contribution in [0.25, 0.3) is 0 Å².